The number of esters is 1. The van der Waals surface area contributed by atoms with E-state index >= 15 is 0 Å². The quantitative estimate of drug-likeness (QED) is 0.820. The molecule has 1 aromatic heterocycles. The second kappa shape index (κ2) is 6.89. The normalized spacial score (nSPS) is 11.5. The van der Waals surface area contributed by atoms with E-state index in [-0.39, 0.29) is 0 Å². The summed E-state index contributed by atoms with van der Waals surface area (Å²) in [7, 11) is 0. The Morgan fingerprint density at radius 2 is 2.05 bits per heavy atom. The molecule has 1 atom stereocenters. The van der Waals surface area contributed by atoms with Gasteiger partial charge in [-0.05, 0) is 32.9 Å². The van der Waals surface area contributed by atoms with Crippen LogP contribution in [0.1, 0.15) is 28.4 Å². The first kappa shape index (κ1) is 15.2. The third-order valence-corrected chi connectivity index (χ3v) is 3.15. The molecule has 0 radical (unpaired) electrons. The number of nitrogens with one attached hydrogen (secondary N) is 2. The number of ether oxygens (including phenoxy) is 1. The van der Waals surface area contributed by atoms with E-state index in [1.807, 2.05) is 6.92 Å². The highest BCUT2D eigenvalue weighted by Crippen LogP contribution is 2.16. The van der Waals surface area contributed by atoms with Crippen molar-refractivity contribution < 1.29 is 19.1 Å². The first-order chi connectivity index (χ1) is 8.93. The van der Waals surface area contributed by atoms with Crippen LogP contribution < -0.4 is 10.6 Å². The third-order valence-electron chi connectivity index (χ3n) is 2.17. The van der Waals surface area contributed by atoms with Gasteiger partial charge in [-0.15, -0.1) is 11.3 Å². The summed E-state index contributed by atoms with van der Waals surface area (Å²) in [5.74, 6) is -1.23. The van der Waals surface area contributed by atoms with Crippen LogP contribution in [0.4, 0.5) is 4.79 Å². The molecule has 1 aromatic rings. The highest BCUT2D eigenvalue weighted by molar-refractivity contribution is 7.13. The molecular formula is C12H16N2O4S. The van der Waals surface area contributed by atoms with Crippen molar-refractivity contribution in [2.75, 3.05) is 6.54 Å². The Bertz CT molecular complexity index is 484. The number of aryl methyl sites for hydroxylation is 1. The molecule has 1 unspecified atom stereocenters. The molecule has 0 fully saturated rings. The van der Waals surface area contributed by atoms with Gasteiger partial charge in [0, 0.05) is 11.4 Å². The summed E-state index contributed by atoms with van der Waals surface area (Å²) < 4.78 is 4.97. The summed E-state index contributed by atoms with van der Waals surface area (Å²) >= 11 is 1.29. The van der Waals surface area contributed by atoms with E-state index in [1.54, 1.807) is 19.1 Å². The summed E-state index contributed by atoms with van der Waals surface area (Å²) in [4.78, 5) is 35.8. The van der Waals surface area contributed by atoms with Gasteiger partial charge in [-0.3, -0.25) is 10.1 Å². The highest BCUT2D eigenvalue weighted by atomic mass is 32.1. The van der Waals surface area contributed by atoms with Crippen LogP contribution in [0, 0.1) is 6.92 Å². The zero-order valence-electron chi connectivity index (χ0n) is 11.0. The maximum absolute atomic E-state index is 11.7. The fourth-order valence-corrected chi connectivity index (χ4v) is 1.99. The number of hydrogen-bond acceptors (Lipinski definition) is 5. The molecule has 0 aliphatic carbocycles. The Kier molecular flexibility index (Phi) is 5.50. The van der Waals surface area contributed by atoms with Gasteiger partial charge in [0.05, 0.1) is 0 Å². The summed E-state index contributed by atoms with van der Waals surface area (Å²) in [6.45, 7) is 5.41. The molecule has 3 amide bonds. The second-order valence-corrected chi connectivity index (χ2v) is 5.09. The van der Waals surface area contributed by atoms with Gasteiger partial charge in [-0.1, -0.05) is 0 Å². The maximum Gasteiger partial charge on any atom is 0.349 e. The number of rotatable bonds is 4. The monoisotopic (exact) mass is 284 g/mol. The smallest absolute Gasteiger partial charge is 0.349 e. The topological polar surface area (TPSA) is 84.5 Å². The minimum atomic E-state index is -1.03. The first-order valence-corrected chi connectivity index (χ1v) is 6.61. The van der Waals surface area contributed by atoms with Gasteiger partial charge in [-0.25, -0.2) is 9.59 Å². The largest absolute Gasteiger partial charge is 0.448 e. The Hall–Kier alpha value is -1.89. The fraction of sp³-hybridized carbons (Fsp3) is 0.417. The SMILES string of the molecule is CCNC(=O)NC(=O)C(C)OC(=O)c1ccc(C)s1. The summed E-state index contributed by atoms with van der Waals surface area (Å²) in [6.07, 6.45) is -1.03. The maximum atomic E-state index is 11.7. The molecular weight excluding hydrogens is 268 g/mol. The zero-order chi connectivity index (χ0) is 14.4. The van der Waals surface area contributed by atoms with E-state index < -0.39 is 24.0 Å². The summed E-state index contributed by atoms with van der Waals surface area (Å²) in [6, 6.07) is 2.82. The molecule has 0 saturated carbocycles. The Balaban J connectivity index is 2.50. The van der Waals surface area contributed by atoms with E-state index in [2.05, 4.69) is 10.6 Å². The van der Waals surface area contributed by atoms with E-state index in [1.165, 1.54) is 18.3 Å². The van der Waals surface area contributed by atoms with Crippen molar-refractivity contribution in [1.82, 2.24) is 10.6 Å². The van der Waals surface area contributed by atoms with Crippen LogP contribution >= 0.6 is 11.3 Å². The second-order valence-electron chi connectivity index (χ2n) is 3.81. The van der Waals surface area contributed by atoms with Crippen LogP contribution in [0.2, 0.25) is 0 Å². The van der Waals surface area contributed by atoms with Gasteiger partial charge in [-0.2, -0.15) is 0 Å². The predicted molar refractivity (Wildman–Crippen MR) is 71.1 cm³/mol. The van der Waals surface area contributed by atoms with Crippen molar-refractivity contribution in [2.45, 2.75) is 26.9 Å². The van der Waals surface area contributed by atoms with Crippen LogP contribution in [-0.4, -0.2) is 30.6 Å². The van der Waals surface area contributed by atoms with Crippen LogP contribution in [0.3, 0.4) is 0 Å². The summed E-state index contributed by atoms with van der Waals surface area (Å²) in [5.41, 5.74) is 0. The highest BCUT2D eigenvalue weighted by Gasteiger charge is 2.21. The van der Waals surface area contributed by atoms with Gasteiger partial charge in [0.1, 0.15) is 4.88 Å². The Morgan fingerprint density at radius 1 is 1.37 bits per heavy atom. The molecule has 0 aliphatic heterocycles. The van der Waals surface area contributed by atoms with Crippen molar-refractivity contribution in [3.8, 4) is 0 Å². The average molecular weight is 284 g/mol. The van der Waals surface area contributed by atoms with Gasteiger partial charge in [0.15, 0.2) is 6.10 Å². The Morgan fingerprint density at radius 3 is 2.58 bits per heavy atom. The van der Waals surface area contributed by atoms with Gasteiger partial charge in [0.2, 0.25) is 0 Å². The number of amides is 3. The van der Waals surface area contributed by atoms with E-state index in [9.17, 15) is 14.4 Å². The molecule has 19 heavy (non-hydrogen) atoms. The minimum Gasteiger partial charge on any atom is -0.448 e. The van der Waals surface area contributed by atoms with Gasteiger partial charge < -0.3 is 10.1 Å². The van der Waals surface area contributed by atoms with Crippen LogP contribution in [0.15, 0.2) is 12.1 Å². The fourth-order valence-electron chi connectivity index (χ4n) is 1.23. The molecule has 7 heteroatoms. The summed E-state index contributed by atoms with van der Waals surface area (Å²) in [5, 5.41) is 4.49. The van der Waals surface area contributed by atoms with Crippen LogP contribution in [0.25, 0.3) is 0 Å². The lowest BCUT2D eigenvalue weighted by atomic mass is 10.3. The van der Waals surface area contributed by atoms with E-state index in [4.69, 9.17) is 4.74 Å². The van der Waals surface area contributed by atoms with Crippen molar-refractivity contribution >= 4 is 29.2 Å². The molecule has 104 valence electrons. The molecule has 0 saturated heterocycles. The molecule has 0 aromatic carbocycles. The molecule has 2 N–H and O–H groups in total. The molecule has 0 bridgehead atoms. The molecule has 0 aliphatic rings. The molecule has 1 heterocycles. The average Bonchev–Trinajstić information content (AvgIpc) is 2.76. The first-order valence-electron chi connectivity index (χ1n) is 5.80. The zero-order valence-corrected chi connectivity index (χ0v) is 11.8. The van der Waals surface area contributed by atoms with Crippen molar-refractivity contribution in [1.29, 1.82) is 0 Å². The number of imide groups is 1. The number of carbonyl (C=O) groups is 3. The lowest BCUT2D eigenvalue weighted by Gasteiger charge is -2.12. The molecule has 0 spiro atoms. The third kappa shape index (κ3) is 4.70. The van der Waals surface area contributed by atoms with Crippen LogP contribution in [-0.2, 0) is 9.53 Å². The molecule has 1 rings (SSSR count). The van der Waals surface area contributed by atoms with E-state index in [0.717, 1.165) is 4.88 Å². The number of carbonyl (C=O) groups excluding carboxylic acids is 3. The number of hydrogen-bond donors (Lipinski definition) is 2. The van der Waals surface area contributed by atoms with E-state index in [0.29, 0.717) is 11.4 Å². The van der Waals surface area contributed by atoms with Crippen molar-refractivity contribution in [3.63, 3.8) is 0 Å². The van der Waals surface area contributed by atoms with Crippen LogP contribution in [0.5, 0.6) is 0 Å². The van der Waals surface area contributed by atoms with Gasteiger partial charge in [0.25, 0.3) is 5.91 Å². The lowest BCUT2D eigenvalue weighted by Crippen LogP contribution is -2.44. The predicted octanol–water partition coefficient (Wildman–Crippen LogP) is 1.45. The standard InChI is InChI=1S/C12H16N2O4S/c1-4-13-12(17)14-10(15)8(3)18-11(16)9-6-5-7(2)19-9/h5-6,8H,4H2,1-3H3,(H2,13,14,15,17). The Labute approximate surface area is 115 Å². The number of thiophene rings is 1. The number of urea groups is 1. The van der Waals surface area contributed by atoms with Crippen molar-refractivity contribution in [3.05, 3.63) is 21.9 Å². The van der Waals surface area contributed by atoms with Gasteiger partial charge >= 0.3 is 12.0 Å². The molecule has 6 nitrogen and oxygen atoms in total. The lowest BCUT2D eigenvalue weighted by molar-refractivity contribution is -0.127. The minimum absolute atomic E-state index is 0.405. The van der Waals surface area contributed by atoms with Crippen molar-refractivity contribution in [2.24, 2.45) is 0 Å².